The fourth-order valence-corrected chi connectivity index (χ4v) is 2.47. The molecule has 0 aliphatic heterocycles. The number of halogens is 2. The van der Waals surface area contributed by atoms with Crippen LogP contribution in [0, 0.1) is 0 Å². The molecule has 18 heavy (non-hydrogen) atoms. The molecule has 0 aliphatic rings. The molecule has 0 spiro atoms. The van der Waals surface area contributed by atoms with Gasteiger partial charge in [-0.1, -0.05) is 3.89 Å². The van der Waals surface area contributed by atoms with Gasteiger partial charge < -0.3 is 4.18 Å². The maximum Gasteiger partial charge on any atom is 0.488 e. The maximum absolute atomic E-state index is 12.3. The highest BCUT2D eigenvalue weighted by Gasteiger charge is 2.14. The summed E-state index contributed by atoms with van der Waals surface area (Å²) >= 11 is 0. The molecule has 0 fully saturated rings. The number of aldehydes is 1. The van der Waals surface area contributed by atoms with Crippen molar-refractivity contribution in [2.45, 2.75) is 5.75 Å². The number of carbonyl (C=O) groups is 1. The van der Waals surface area contributed by atoms with Crippen LogP contribution in [0.4, 0.5) is 3.89 Å². The van der Waals surface area contributed by atoms with E-state index in [1.165, 1.54) is 0 Å². The van der Waals surface area contributed by atoms with Gasteiger partial charge in [0.05, 0.1) is 5.75 Å². The summed E-state index contributed by atoms with van der Waals surface area (Å²) in [7, 11) is -4.17. The Labute approximate surface area is 107 Å². The predicted octanol–water partition coefficient (Wildman–Crippen LogP) is 1.16. The molecule has 10 heteroatoms. The summed E-state index contributed by atoms with van der Waals surface area (Å²) in [5.74, 6) is -1.17. The molecule has 0 unspecified atom stereocenters. The number of hydrogen-bond donors (Lipinski definition) is 0. The van der Waals surface area contributed by atoms with Gasteiger partial charge in [-0.2, -0.15) is 8.42 Å². The summed E-state index contributed by atoms with van der Waals surface area (Å²) in [5, 5.41) is 0. The van der Waals surface area contributed by atoms with Crippen LogP contribution in [0.5, 0.6) is 5.75 Å². The van der Waals surface area contributed by atoms with E-state index < -0.39 is 31.1 Å². The van der Waals surface area contributed by atoms with Gasteiger partial charge in [-0.3, -0.25) is 4.79 Å². The first-order valence-corrected chi connectivity index (χ1v) is 8.03. The molecule has 100 valence electrons. The highest BCUT2D eigenvalue weighted by molar-refractivity contribution is 8.13. The molecule has 0 heterocycles. The van der Waals surface area contributed by atoms with Crippen LogP contribution in [0.15, 0.2) is 18.2 Å². The Hall–Kier alpha value is -1.19. The third kappa shape index (κ3) is 5.43. The minimum Gasteiger partial charge on any atom is -0.358 e. The molecule has 1 rings (SSSR count). The zero-order valence-corrected chi connectivity index (χ0v) is 10.9. The fraction of sp³-hybridized carbons (Fsp3) is 0.125. The van der Waals surface area contributed by atoms with E-state index >= 15 is 0 Å². The third-order valence-electron chi connectivity index (χ3n) is 1.66. The molecule has 0 saturated heterocycles. The molecule has 0 amide bonds. The summed E-state index contributed by atoms with van der Waals surface area (Å²) in [6.07, 6.45) is 0.321. The molecule has 6 nitrogen and oxygen atoms in total. The first-order chi connectivity index (χ1) is 8.09. The largest absolute Gasteiger partial charge is 0.488 e. The van der Waals surface area contributed by atoms with Crippen LogP contribution in [-0.4, -0.2) is 23.1 Å². The van der Waals surface area contributed by atoms with Gasteiger partial charge in [0.25, 0.3) is 0 Å². The predicted molar refractivity (Wildman–Crippen MR) is 61.0 cm³/mol. The van der Waals surface area contributed by atoms with Crippen molar-refractivity contribution in [2.75, 3.05) is 0 Å². The summed E-state index contributed by atoms with van der Waals surface area (Å²) in [5.41, 5.74) is -0.0836. The fourth-order valence-electron chi connectivity index (χ4n) is 1.20. The maximum atomic E-state index is 12.3. The lowest BCUT2D eigenvalue weighted by molar-refractivity contribution is 0.112. The Bertz CT molecular complexity index is 615. The molecule has 0 aromatic heterocycles. The Morgan fingerprint density at radius 2 is 1.83 bits per heavy atom. The topological polar surface area (TPSA) is 94.6 Å². The molecule has 0 bridgehead atoms. The Balaban J connectivity index is 3.21. The van der Waals surface area contributed by atoms with Crippen LogP contribution >= 0.6 is 10.7 Å². The lowest BCUT2D eigenvalue weighted by Crippen LogP contribution is -2.03. The second-order valence-corrected chi connectivity index (χ2v) is 6.92. The third-order valence-corrected chi connectivity index (χ3v) is 3.06. The van der Waals surface area contributed by atoms with E-state index in [9.17, 15) is 25.5 Å². The van der Waals surface area contributed by atoms with Gasteiger partial charge in [0.2, 0.25) is 9.05 Å². The van der Waals surface area contributed by atoms with Gasteiger partial charge in [0, 0.05) is 16.2 Å². The summed E-state index contributed by atoms with van der Waals surface area (Å²) < 4.78 is 58.4. The molecule has 0 atom stereocenters. The molecule has 0 radical (unpaired) electrons. The average molecular weight is 317 g/mol. The van der Waals surface area contributed by atoms with Crippen LogP contribution < -0.4 is 4.18 Å². The van der Waals surface area contributed by atoms with Gasteiger partial charge in [0.15, 0.2) is 0 Å². The van der Waals surface area contributed by atoms with E-state index in [1.54, 1.807) is 0 Å². The summed E-state index contributed by atoms with van der Waals surface area (Å²) in [4.78, 5) is 10.6. The normalized spacial score (nSPS) is 12.1. The number of benzene rings is 1. The van der Waals surface area contributed by atoms with Crippen molar-refractivity contribution in [1.82, 2.24) is 0 Å². The van der Waals surface area contributed by atoms with Crippen LogP contribution in [-0.2, 0) is 25.3 Å². The van der Waals surface area contributed by atoms with Crippen LogP contribution in [0.2, 0.25) is 0 Å². The van der Waals surface area contributed by atoms with E-state index in [2.05, 4.69) is 4.18 Å². The van der Waals surface area contributed by atoms with Crippen LogP contribution in [0.3, 0.4) is 0 Å². The number of carbonyl (C=O) groups excluding carboxylic acids is 1. The van der Waals surface area contributed by atoms with E-state index in [1.807, 2.05) is 0 Å². The summed E-state index contributed by atoms with van der Waals surface area (Å²) in [6.45, 7) is 0. The van der Waals surface area contributed by atoms with E-state index in [-0.39, 0.29) is 11.1 Å². The van der Waals surface area contributed by atoms with Gasteiger partial charge in [-0.15, -0.1) is 0 Å². The van der Waals surface area contributed by atoms with E-state index in [4.69, 9.17) is 10.7 Å². The van der Waals surface area contributed by atoms with Gasteiger partial charge >= 0.3 is 10.5 Å². The van der Waals surface area contributed by atoms with Gasteiger partial charge in [0.1, 0.15) is 12.0 Å². The number of rotatable bonds is 5. The zero-order valence-electron chi connectivity index (χ0n) is 8.54. The minimum absolute atomic E-state index is 0.00625. The highest BCUT2D eigenvalue weighted by atomic mass is 35.7. The zero-order chi connectivity index (χ0) is 14.0. The Kier molecular flexibility index (Phi) is 4.30. The second kappa shape index (κ2) is 5.21. The molecule has 0 saturated carbocycles. The van der Waals surface area contributed by atoms with Crippen molar-refractivity contribution in [1.29, 1.82) is 0 Å². The summed E-state index contributed by atoms with van der Waals surface area (Å²) in [6, 6.07) is 3.04. The molecule has 0 aliphatic carbocycles. The van der Waals surface area contributed by atoms with Crippen molar-refractivity contribution in [3.05, 3.63) is 29.3 Å². The van der Waals surface area contributed by atoms with E-state index in [0.717, 1.165) is 18.2 Å². The molecular weight excluding hydrogens is 311 g/mol. The van der Waals surface area contributed by atoms with Crippen LogP contribution in [0.1, 0.15) is 15.9 Å². The van der Waals surface area contributed by atoms with Crippen molar-refractivity contribution < 1.29 is 29.7 Å². The molecule has 1 aromatic carbocycles. The quantitative estimate of drug-likeness (QED) is 0.597. The minimum atomic E-state index is -5.26. The van der Waals surface area contributed by atoms with Crippen molar-refractivity contribution in [3.8, 4) is 5.75 Å². The van der Waals surface area contributed by atoms with Crippen LogP contribution in [0.25, 0.3) is 0 Å². The first-order valence-electron chi connectivity index (χ1n) is 4.24. The van der Waals surface area contributed by atoms with Crippen molar-refractivity contribution in [2.24, 2.45) is 0 Å². The Morgan fingerprint density at radius 3 is 2.28 bits per heavy atom. The molecule has 0 N–H and O–H groups in total. The van der Waals surface area contributed by atoms with Gasteiger partial charge in [-0.25, -0.2) is 8.42 Å². The lowest BCUT2D eigenvalue weighted by atomic mass is 10.1. The van der Waals surface area contributed by atoms with Crippen molar-refractivity contribution in [3.63, 3.8) is 0 Å². The second-order valence-electron chi connectivity index (χ2n) is 3.19. The molecule has 1 aromatic rings. The van der Waals surface area contributed by atoms with E-state index in [0.29, 0.717) is 6.29 Å². The molecular formula is C8H6ClFO6S2. The standard InChI is InChI=1S/C8H6ClFO6S2/c9-17(12,13)5-7-1-6(4-11)2-8(3-7)16-18(10,14)15/h1-4H,5H2. The lowest BCUT2D eigenvalue weighted by Gasteiger charge is -2.04. The Morgan fingerprint density at radius 1 is 1.22 bits per heavy atom. The van der Waals surface area contributed by atoms with Crippen molar-refractivity contribution >= 4 is 36.5 Å². The smallest absolute Gasteiger partial charge is 0.358 e. The SMILES string of the molecule is O=Cc1cc(CS(=O)(=O)Cl)cc(OS(=O)(=O)F)c1. The number of hydrogen-bond acceptors (Lipinski definition) is 6. The average Bonchev–Trinajstić information content (AvgIpc) is 2.11. The van der Waals surface area contributed by atoms with Gasteiger partial charge in [-0.05, 0) is 23.8 Å². The monoisotopic (exact) mass is 316 g/mol. The first kappa shape index (κ1) is 14.9. The highest BCUT2D eigenvalue weighted by Crippen LogP contribution is 2.21.